The van der Waals surface area contributed by atoms with Crippen molar-refractivity contribution in [3.8, 4) is 0 Å². The molecule has 3 heteroatoms. The standard InChI is InChI=1S/C13H26N2O/c1-10(2)15(11(3)4)13(16)12-6-8-14(5)9-7-12/h10-12H,6-9H2,1-5H3. The SMILES string of the molecule is CC(C)N(C(=O)C1CCN(C)CC1)C(C)C. The van der Waals surface area contributed by atoms with E-state index in [1.165, 1.54) is 0 Å². The number of carbonyl (C=O) groups excluding carboxylic acids is 1. The van der Waals surface area contributed by atoms with Crippen LogP contribution in [0.25, 0.3) is 0 Å². The van der Waals surface area contributed by atoms with Gasteiger partial charge in [0.2, 0.25) is 5.91 Å². The number of amides is 1. The Balaban J connectivity index is 2.61. The van der Waals surface area contributed by atoms with Crippen molar-refractivity contribution in [2.45, 2.75) is 52.6 Å². The molecule has 0 aliphatic carbocycles. The lowest BCUT2D eigenvalue weighted by atomic mass is 9.94. The van der Waals surface area contributed by atoms with Gasteiger partial charge in [-0.25, -0.2) is 0 Å². The third-order valence-electron chi connectivity index (χ3n) is 3.43. The highest BCUT2D eigenvalue weighted by molar-refractivity contribution is 5.79. The minimum atomic E-state index is 0.251. The number of nitrogens with zero attached hydrogens (tertiary/aromatic N) is 2. The van der Waals surface area contributed by atoms with Crippen molar-refractivity contribution in [1.82, 2.24) is 9.80 Å². The van der Waals surface area contributed by atoms with E-state index in [-0.39, 0.29) is 5.92 Å². The van der Waals surface area contributed by atoms with E-state index in [4.69, 9.17) is 0 Å². The summed E-state index contributed by atoms with van der Waals surface area (Å²) in [5.41, 5.74) is 0. The lowest BCUT2D eigenvalue weighted by Crippen LogP contribution is -2.47. The third-order valence-corrected chi connectivity index (χ3v) is 3.43. The number of rotatable bonds is 3. The summed E-state index contributed by atoms with van der Waals surface area (Å²) in [5, 5.41) is 0. The van der Waals surface area contributed by atoms with Crippen LogP contribution in [0, 0.1) is 5.92 Å². The predicted molar refractivity (Wildman–Crippen MR) is 67.3 cm³/mol. The first-order chi connectivity index (χ1) is 7.43. The Morgan fingerprint density at radius 3 is 1.94 bits per heavy atom. The minimum absolute atomic E-state index is 0.251. The molecule has 0 aromatic carbocycles. The van der Waals surface area contributed by atoms with Gasteiger partial charge in [-0.1, -0.05) is 0 Å². The lowest BCUT2D eigenvalue weighted by Gasteiger charge is -2.36. The van der Waals surface area contributed by atoms with Gasteiger partial charge in [-0.3, -0.25) is 4.79 Å². The minimum Gasteiger partial charge on any atom is -0.338 e. The summed E-state index contributed by atoms with van der Waals surface area (Å²) in [4.78, 5) is 16.7. The lowest BCUT2D eigenvalue weighted by molar-refractivity contribution is -0.140. The molecule has 0 bridgehead atoms. The van der Waals surface area contributed by atoms with Crippen LogP contribution in [0.2, 0.25) is 0 Å². The molecule has 3 nitrogen and oxygen atoms in total. The van der Waals surface area contributed by atoms with Gasteiger partial charge in [-0.05, 0) is 60.7 Å². The van der Waals surface area contributed by atoms with Gasteiger partial charge in [-0.2, -0.15) is 0 Å². The van der Waals surface area contributed by atoms with Crippen LogP contribution in [-0.2, 0) is 4.79 Å². The summed E-state index contributed by atoms with van der Waals surface area (Å²) >= 11 is 0. The molecule has 0 aromatic rings. The van der Waals surface area contributed by atoms with Crippen LogP contribution >= 0.6 is 0 Å². The van der Waals surface area contributed by atoms with Crippen LogP contribution < -0.4 is 0 Å². The molecule has 0 saturated carbocycles. The Morgan fingerprint density at radius 2 is 1.56 bits per heavy atom. The highest BCUT2D eigenvalue weighted by Crippen LogP contribution is 2.21. The van der Waals surface area contributed by atoms with E-state index in [2.05, 4.69) is 39.6 Å². The number of piperidine rings is 1. The zero-order chi connectivity index (χ0) is 12.3. The fourth-order valence-electron chi connectivity index (χ4n) is 2.57. The van der Waals surface area contributed by atoms with Gasteiger partial charge in [0.25, 0.3) is 0 Å². The predicted octanol–water partition coefficient (Wildman–Crippen LogP) is 1.97. The Hall–Kier alpha value is -0.570. The summed E-state index contributed by atoms with van der Waals surface area (Å²) in [7, 11) is 2.13. The molecule has 1 aliphatic rings. The monoisotopic (exact) mass is 226 g/mol. The van der Waals surface area contributed by atoms with E-state index >= 15 is 0 Å². The molecule has 1 rings (SSSR count). The molecule has 0 unspecified atom stereocenters. The van der Waals surface area contributed by atoms with Crippen LogP contribution in [0.15, 0.2) is 0 Å². The summed E-state index contributed by atoms with van der Waals surface area (Å²) in [6.45, 7) is 10.5. The zero-order valence-electron chi connectivity index (χ0n) is 11.4. The zero-order valence-corrected chi connectivity index (χ0v) is 11.4. The van der Waals surface area contributed by atoms with E-state index in [0.717, 1.165) is 25.9 Å². The fourth-order valence-corrected chi connectivity index (χ4v) is 2.57. The molecule has 0 atom stereocenters. The molecular formula is C13H26N2O. The second-order valence-corrected chi connectivity index (χ2v) is 5.51. The van der Waals surface area contributed by atoms with Crippen LogP contribution in [0.1, 0.15) is 40.5 Å². The van der Waals surface area contributed by atoms with Crippen LogP contribution in [-0.4, -0.2) is 47.9 Å². The van der Waals surface area contributed by atoms with Gasteiger partial charge >= 0.3 is 0 Å². The van der Waals surface area contributed by atoms with E-state index in [0.29, 0.717) is 18.0 Å². The molecule has 0 aromatic heterocycles. The molecule has 1 fully saturated rings. The summed E-state index contributed by atoms with van der Waals surface area (Å²) in [5.74, 6) is 0.610. The van der Waals surface area contributed by atoms with Gasteiger partial charge in [0, 0.05) is 18.0 Å². The molecular weight excluding hydrogens is 200 g/mol. The maximum atomic E-state index is 12.4. The Labute approximate surface area is 99.8 Å². The topological polar surface area (TPSA) is 23.6 Å². The summed E-state index contributed by atoms with van der Waals surface area (Å²) in [6.07, 6.45) is 2.04. The maximum Gasteiger partial charge on any atom is 0.226 e. The van der Waals surface area contributed by atoms with E-state index in [9.17, 15) is 4.79 Å². The molecule has 1 amide bonds. The molecule has 0 N–H and O–H groups in total. The summed E-state index contributed by atoms with van der Waals surface area (Å²) < 4.78 is 0. The summed E-state index contributed by atoms with van der Waals surface area (Å²) in [6, 6.07) is 0.624. The van der Waals surface area contributed by atoms with Crippen molar-refractivity contribution >= 4 is 5.91 Å². The largest absolute Gasteiger partial charge is 0.338 e. The Bertz CT molecular complexity index is 222. The van der Waals surface area contributed by atoms with Gasteiger partial charge in [0.05, 0.1) is 0 Å². The number of likely N-dealkylation sites (tertiary alicyclic amines) is 1. The smallest absolute Gasteiger partial charge is 0.226 e. The molecule has 94 valence electrons. The van der Waals surface area contributed by atoms with Crippen LogP contribution in [0.4, 0.5) is 0 Å². The quantitative estimate of drug-likeness (QED) is 0.734. The number of hydrogen-bond acceptors (Lipinski definition) is 2. The average Bonchev–Trinajstić information content (AvgIpc) is 2.17. The van der Waals surface area contributed by atoms with E-state index < -0.39 is 0 Å². The van der Waals surface area contributed by atoms with Gasteiger partial charge in [0.15, 0.2) is 0 Å². The molecule has 1 saturated heterocycles. The van der Waals surface area contributed by atoms with Crippen molar-refractivity contribution in [2.75, 3.05) is 20.1 Å². The second kappa shape index (κ2) is 5.67. The van der Waals surface area contributed by atoms with Crippen molar-refractivity contribution in [2.24, 2.45) is 5.92 Å². The number of hydrogen-bond donors (Lipinski definition) is 0. The van der Waals surface area contributed by atoms with Crippen LogP contribution in [0.3, 0.4) is 0 Å². The first kappa shape index (κ1) is 13.5. The fraction of sp³-hybridized carbons (Fsp3) is 0.923. The van der Waals surface area contributed by atoms with Gasteiger partial charge in [-0.15, -0.1) is 0 Å². The highest BCUT2D eigenvalue weighted by atomic mass is 16.2. The Morgan fingerprint density at radius 1 is 1.12 bits per heavy atom. The van der Waals surface area contributed by atoms with Crippen molar-refractivity contribution in [1.29, 1.82) is 0 Å². The molecule has 0 radical (unpaired) electrons. The highest BCUT2D eigenvalue weighted by Gasteiger charge is 2.29. The normalized spacial score (nSPS) is 19.4. The third kappa shape index (κ3) is 3.21. The van der Waals surface area contributed by atoms with E-state index in [1.807, 2.05) is 4.90 Å². The van der Waals surface area contributed by atoms with Gasteiger partial charge in [0.1, 0.15) is 0 Å². The molecule has 16 heavy (non-hydrogen) atoms. The number of carbonyl (C=O) groups is 1. The van der Waals surface area contributed by atoms with Gasteiger partial charge < -0.3 is 9.80 Å². The van der Waals surface area contributed by atoms with Crippen LogP contribution in [0.5, 0.6) is 0 Å². The molecule has 1 heterocycles. The maximum absolute atomic E-state index is 12.4. The second-order valence-electron chi connectivity index (χ2n) is 5.51. The van der Waals surface area contributed by atoms with Crippen molar-refractivity contribution in [3.63, 3.8) is 0 Å². The molecule has 0 spiro atoms. The average molecular weight is 226 g/mol. The van der Waals surface area contributed by atoms with Crippen molar-refractivity contribution in [3.05, 3.63) is 0 Å². The first-order valence-electron chi connectivity index (χ1n) is 6.44. The van der Waals surface area contributed by atoms with E-state index in [1.54, 1.807) is 0 Å². The Kier molecular flexibility index (Phi) is 4.78. The molecule has 1 aliphatic heterocycles. The first-order valence-corrected chi connectivity index (χ1v) is 6.44. The van der Waals surface area contributed by atoms with Crippen molar-refractivity contribution < 1.29 is 4.79 Å².